The van der Waals surface area contributed by atoms with Gasteiger partial charge in [0.25, 0.3) is 5.91 Å². The zero-order chi connectivity index (χ0) is 33.2. The molecule has 2 aromatic rings. The smallest absolute Gasteiger partial charge is 0.337 e. The van der Waals surface area contributed by atoms with E-state index in [9.17, 15) is 14.7 Å². The molecule has 0 saturated carbocycles. The second kappa shape index (κ2) is 12.3. The van der Waals surface area contributed by atoms with Crippen molar-refractivity contribution in [1.82, 2.24) is 14.7 Å². The van der Waals surface area contributed by atoms with E-state index in [0.29, 0.717) is 30.2 Å². The summed E-state index contributed by atoms with van der Waals surface area (Å²) in [5.41, 5.74) is 2.92. The van der Waals surface area contributed by atoms with E-state index in [1.54, 1.807) is 12.1 Å². The summed E-state index contributed by atoms with van der Waals surface area (Å²) < 4.78 is 27.7. The maximum Gasteiger partial charge on any atom is 0.337 e. The van der Waals surface area contributed by atoms with Crippen LogP contribution in [0.2, 0.25) is 10.0 Å². The fourth-order valence-corrected chi connectivity index (χ4v) is 8.78. The van der Waals surface area contributed by atoms with Crippen molar-refractivity contribution in [2.24, 2.45) is 0 Å². The number of allylic oxidation sites excluding steroid dienone is 2. The van der Waals surface area contributed by atoms with Crippen molar-refractivity contribution in [2.45, 2.75) is 63.2 Å². The van der Waals surface area contributed by atoms with Crippen LogP contribution in [0.1, 0.15) is 60.5 Å². The monoisotopic (exact) mass is 684 g/mol. The summed E-state index contributed by atoms with van der Waals surface area (Å²) in [5, 5.41) is 10.6. The van der Waals surface area contributed by atoms with Gasteiger partial charge in [0, 0.05) is 60.0 Å². The first-order valence-electron chi connectivity index (χ1n) is 16.1. The van der Waals surface area contributed by atoms with Crippen LogP contribution in [0.5, 0.6) is 5.75 Å². The molecule has 1 aliphatic carbocycles. The molecule has 9 nitrogen and oxygen atoms in total. The first-order valence-corrected chi connectivity index (χ1v) is 16.9. The Hall–Kier alpha value is -3.31. The minimum atomic E-state index is -1.14. The average molecular weight is 686 g/mol. The average Bonchev–Trinajstić information content (AvgIpc) is 3.26. The van der Waals surface area contributed by atoms with E-state index >= 15 is 4.39 Å². The Balaban J connectivity index is 1.13. The maximum absolute atomic E-state index is 15.8. The Morgan fingerprint density at radius 2 is 1.77 bits per heavy atom. The fraction of sp³-hybridized carbons (Fsp3) is 0.486. The topological polar surface area (TPSA) is 85.8 Å². The predicted octanol–water partition coefficient (Wildman–Crippen LogP) is 6.06. The molecule has 5 aliphatic rings. The van der Waals surface area contributed by atoms with Crippen LogP contribution < -0.4 is 9.64 Å². The van der Waals surface area contributed by atoms with Crippen LogP contribution >= 0.6 is 23.2 Å². The van der Waals surface area contributed by atoms with Crippen molar-refractivity contribution in [3.8, 4) is 5.75 Å². The SMILES string of the molecule is CN1CCN(c2cc(Cl)c(C(=O)N3COc4c(cccc4C4CC(N5C6CCC5COC6)=C(C(=O)O)C=C4F)C3)c(Cl)c2)C(C)(C)C1. The molecule has 2 bridgehead atoms. The standard InChI is InChI=1S/C35H39Cl2FN4O5/c1-35(2)18-39(3)9-10-41(35)23-11-27(36)31(28(37)12-23)33(43)40-15-20-5-4-6-24(32(20)47-19-40)25-14-30(26(34(44)45)13-29(25)38)42-21-7-8-22(42)17-46-16-21/h4-6,11-13,21-22,25H,7-10,14-19H2,1-3H3,(H,44,45). The molecule has 1 N–H and O–H groups in total. The first-order chi connectivity index (χ1) is 22.4. The number of aliphatic carboxylic acids is 1. The number of amides is 1. The number of carboxylic acid groups (broad SMARTS) is 1. The zero-order valence-corrected chi connectivity index (χ0v) is 28.3. The Labute approximate surface area is 284 Å². The Morgan fingerprint density at radius 1 is 1.06 bits per heavy atom. The molecule has 3 fully saturated rings. The fourth-order valence-electron chi connectivity index (χ4n) is 8.14. The Bertz CT molecular complexity index is 1660. The summed E-state index contributed by atoms with van der Waals surface area (Å²) >= 11 is 13.5. The van der Waals surface area contributed by atoms with E-state index < -0.39 is 17.7 Å². The number of halogens is 3. The van der Waals surface area contributed by atoms with Crippen molar-refractivity contribution in [3.05, 3.63) is 80.2 Å². The number of piperazine rings is 1. The molecule has 12 heteroatoms. The number of fused-ring (bicyclic) bond motifs is 3. The van der Waals surface area contributed by atoms with Gasteiger partial charge in [0.2, 0.25) is 0 Å². The lowest BCUT2D eigenvalue weighted by Crippen LogP contribution is -2.58. The highest BCUT2D eigenvalue weighted by Crippen LogP contribution is 2.47. The molecule has 4 heterocycles. The van der Waals surface area contributed by atoms with E-state index in [1.165, 1.54) is 4.90 Å². The summed E-state index contributed by atoms with van der Waals surface area (Å²) in [5.74, 6) is -2.23. The second-order valence-corrected chi connectivity index (χ2v) is 14.7. The molecule has 2 aromatic carbocycles. The predicted molar refractivity (Wildman–Crippen MR) is 178 cm³/mol. The van der Waals surface area contributed by atoms with E-state index in [4.69, 9.17) is 32.7 Å². The number of ether oxygens (including phenoxy) is 2. The molecule has 47 heavy (non-hydrogen) atoms. The van der Waals surface area contributed by atoms with Gasteiger partial charge in [-0.3, -0.25) is 4.79 Å². The summed E-state index contributed by atoms with van der Waals surface area (Å²) in [6, 6.07) is 9.26. The number of carbonyl (C=O) groups is 2. The molecule has 0 radical (unpaired) electrons. The van der Waals surface area contributed by atoms with Crippen molar-refractivity contribution in [3.63, 3.8) is 0 Å². The molecular weight excluding hydrogens is 646 g/mol. The molecule has 0 spiro atoms. The van der Waals surface area contributed by atoms with Crippen LogP contribution in [0.25, 0.3) is 0 Å². The highest BCUT2D eigenvalue weighted by Gasteiger charge is 2.43. The number of benzene rings is 2. The van der Waals surface area contributed by atoms with Crippen LogP contribution in [0.4, 0.5) is 10.1 Å². The van der Waals surface area contributed by atoms with Gasteiger partial charge in [-0.05, 0) is 51.9 Å². The van der Waals surface area contributed by atoms with Gasteiger partial charge in [0.15, 0.2) is 6.73 Å². The highest BCUT2D eigenvalue weighted by atomic mass is 35.5. The van der Waals surface area contributed by atoms with Crippen molar-refractivity contribution < 1.29 is 28.6 Å². The minimum Gasteiger partial charge on any atom is -0.478 e. The quantitative estimate of drug-likeness (QED) is 0.407. The van der Waals surface area contributed by atoms with Crippen molar-refractivity contribution in [2.75, 3.05) is 51.5 Å². The van der Waals surface area contributed by atoms with Gasteiger partial charge in [0.05, 0.1) is 53.0 Å². The van der Waals surface area contributed by atoms with E-state index in [0.717, 1.165) is 49.8 Å². The first kappa shape index (κ1) is 32.2. The normalized spacial score (nSPS) is 25.8. The molecule has 3 atom stereocenters. The van der Waals surface area contributed by atoms with Gasteiger partial charge in [0.1, 0.15) is 11.6 Å². The molecule has 0 aromatic heterocycles. The number of para-hydroxylation sites is 1. The van der Waals surface area contributed by atoms with Crippen molar-refractivity contribution in [1.29, 1.82) is 0 Å². The Morgan fingerprint density at radius 3 is 2.43 bits per heavy atom. The zero-order valence-electron chi connectivity index (χ0n) is 26.8. The molecule has 4 aliphatic heterocycles. The number of rotatable bonds is 5. The summed E-state index contributed by atoms with van der Waals surface area (Å²) in [6.07, 6.45) is 3.18. The summed E-state index contributed by atoms with van der Waals surface area (Å²) in [6.45, 7) is 8.13. The van der Waals surface area contributed by atoms with Crippen molar-refractivity contribution >= 4 is 40.8 Å². The van der Waals surface area contributed by atoms with Gasteiger partial charge < -0.3 is 34.2 Å². The van der Waals surface area contributed by atoms with E-state index in [2.05, 4.69) is 35.6 Å². The molecular formula is C35H39Cl2FN4O5. The number of nitrogens with zero attached hydrogens (tertiary/aromatic N) is 4. The minimum absolute atomic E-state index is 0.00370. The molecule has 3 saturated heterocycles. The van der Waals surface area contributed by atoms with Gasteiger partial charge in [-0.1, -0.05) is 41.4 Å². The largest absolute Gasteiger partial charge is 0.478 e. The molecule has 7 rings (SSSR count). The highest BCUT2D eigenvalue weighted by molar-refractivity contribution is 6.40. The number of likely N-dealkylation sites (N-methyl/N-ethyl adjacent to an activating group) is 1. The molecule has 250 valence electrons. The lowest BCUT2D eigenvalue weighted by atomic mass is 9.84. The molecule has 1 amide bonds. The van der Waals surface area contributed by atoms with Gasteiger partial charge >= 0.3 is 5.97 Å². The number of carbonyl (C=O) groups excluding carboxylic acids is 1. The maximum atomic E-state index is 15.8. The van der Waals surface area contributed by atoms with Crippen LogP contribution in [-0.2, 0) is 16.1 Å². The van der Waals surface area contributed by atoms with E-state index in [1.807, 2.05) is 18.2 Å². The van der Waals surface area contributed by atoms with Gasteiger partial charge in [-0.15, -0.1) is 0 Å². The van der Waals surface area contributed by atoms with E-state index in [-0.39, 0.29) is 64.4 Å². The van der Waals surface area contributed by atoms with Crippen LogP contribution in [0, 0.1) is 0 Å². The molecule has 3 unspecified atom stereocenters. The number of hydrogen-bond donors (Lipinski definition) is 1. The van der Waals surface area contributed by atoms with Crippen LogP contribution in [0.15, 0.2) is 53.5 Å². The number of morpholine rings is 1. The third kappa shape index (κ3) is 5.77. The third-order valence-corrected chi connectivity index (χ3v) is 10.9. The Kier molecular flexibility index (Phi) is 8.43. The lowest BCUT2D eigenvalue weighted by Gasteiger charge is -2.47. The van der Waals surface area contributed by atoms with Gasteiger partial charge in [-0.25, -0.2) is 9.18 Å². The summed E-state index contributed by atoms with van der Waals surface area (Å²) in [7, 11) is 2.10. The van der Waals surface area contributed by atoms with Crippen LogP contribution in [-0.4, -0.2) is 95.9 Å². The third-order valence-electron chi connectivity index (χ3n) is 10.3. The number of carboxylic acids is 1. The number of anilines is 1. The lowest BCUT2D eigenvalue weighted by molar-refractivity contribution is -0.132. The van der Waals surface area contributed by atoms with Gasteiger partial charge in [-0.2, -0.15) is 0 Å². The second-order valence-electron chi connectivity index (χ2n) is 13.9. The summed E-state index contributed by atoms with van der Waals surface area (Å²) in [4.78, 5) is 34.3. The van der Waals surface area contributed by atoms with Crippen LogP contribution in [0.3, 0.4) is 0 Å². The number of hydrogen-bond acceptors (Lipinski definition) is 7.